The van der Waals surface area contributed by atoms with Crippen LogP contribution in [0.15, 0.2) is 96.4 Å². The Bertz CT molecular complexity index is 1390. The van der Waals surface area contributed by atoms with E-state index in [0.29, 0.717) is 34.4 Å². The molecule has 0 saturated carbocycles. The van der Waals surface area contributed by atoms with Gasteiger partial charge in [-0.15, -0.1) is 0 Å². The van der Waals surface area contributed by atoms with Crippen molar-refractivity contribution in [3.05, 3.63) is 119 Å². The first kappa shape index (κ1) is 23.4. The molecular formula is C27H24ClFN4O. The van der Waals surface area contributed by atoms with Crippen molar-refractivity contribution in [2.75, 3.05) is 0 Å². The van der Waals surface area contributed by atoms with Crippen LogP contribution < -0.4 is 5.32 Å². The van der Waals surface area contributed by atoms with Gasteiger partial charge in [0.25, 0.3) is 0 Å². The molecule has 2 N–H and O–H groups in total. The largest absolute Gasteiger partial charge is 0.392 e. The third-order valence-electron chi connectivity index (χ3n) is 5.20. The van der Waals surface area contributed by atoms with Gasteiger partial charge in [-0.05, 0) is 72.7 Å². The van der Waals surface area contributed by atoms with Crippen LogP contribution in [0.3, 0.4) is 0 Å². The molecule has 0 atom stereocenters. The number of pyridine rings is 1. The lowest BCUT2D eigenvalue weighted by molar-refractivity contribution is 0.282. The van der Waals surface area contributed by atoms with Crippen molar-refractivity contribution in [2.45, 2.75) is 20.1 Å². The maximum absolute atomic E-state index is 13.6. The number of aliphatic hydroxyl groups is 1. The quantitative estimate of drug-likeness (QED) is 0.312. The average Bonchev–Trinajstić information content (AvgIpc) is 3.21. The predicted octanol–water partition coefficient (Wildman–Crippen LogP) is 5.91. The predicted molar refractivity (Wildman–Crippen MR) is 135 cm³/mol. The lowest BCUT2D eigenvalue weighted by atomic mass is 10.1. The van der Waals surface area contributed by atoms with Gasteiger partial charge in [-0.3, -0.25) is 4.40 Å². The van der Waals surface area contributed by atoms with Crippen LogP contribution in [-0.4, -0.2) is 20.2 Å². The molecule has 172 valence electrons. The maximum Gasteiger partial charge on any atom is 0.138 e. The van der Waals surface area contributed by atoms with Crippen LogP contribution in [-0.2, 0) is 13.2 Å². The molecule has 0 fully saturated rings. The summed E-state index contributed by atoms with van der Waals surface area (Å²) in [6.45, 7) is 6.40. The zero-order chi connectivity index (χ0) is 24.1. The van der Waals surface area contributed by atoms with Gasteiger partial charge >= 0.3 is 0 Å². The van der Waals surface area contributed by atoms with Crippen molar-refractivity contribution in [1.82, 2.24) is 14.7 Å². The van der Waals surface area contributed by atoms with Crippen molar-refractivity contribution >= 4 is 23.0 Å². The van der Waals surface area contributed by atoms with E-state index < -0.39 is 0 Å². The molecule has 0 saturated heterocycles. The van der Waals surface area contributed by atoms with Gasteiger partial charge in [0, 0.05) is 23.3 Å². The summed E-state index contributed by atoms with van der Waals surface area (Å²) in [7, 11) is 0. The van der Waals surface area contributed by atoms with E-state index in [9.17, 15) is 9.50 Å². The lowest BCUT2D eigenvalue weighted by Crippen LogP contribution is -2.13. The fraction of sp³-hybridized carbons (Fsp3) is 0.111. The number of benzene rings is 2. The lowest BCUT2D eigenvalue weighted by Gasteiger charge is -2.10. The number of rotatable bonds is 8. The van der Waals surface area contributed by atoms with Gasteiger partial charge in [0.15, 0.2) is 0 Å². The summed E-state index contributed by atoms with van der Waals surface area (Å²) in [5, 5.41) is 13.5. The number of halogens is 2. The fourth-order valence-electron chi connectivity index (χ4n) is 3.60. The zero-order valence-electron chi connectivity index (χ0n) is 18.7. The summed E-state index contributed by atoms with van der Waals surface area (Å²) in [4.78, 5) is 9.53. The molecule has 2 aromatic heterocycles. The highest BCUT2D eigenvalue weighted by Crippen LogP contribution is 2.27. The molecular weight excluding hydrogens is 451 g/mol. The van der Waals surface area contributed by atoms with Crippen LogP contribution in [0.25, 0.3) is 16.9 Å². The van der Waals surface area contributed by atoms with Crippen LogP contribution in [0, 0.1) is 5.82 Å². The Morgan fingerprint density at radius 1 is 1.18 bits per heavy atom. The van der Waals surface area contributed by atoms with Crippen molar-refractivity contribution in [1.29, 1.82) is 0 Å². The Morgan fingerprint density at radius 2 is 1.97 bits per heavy atom. The highest BCUT2D eigenvalue weighted by atomic mass is 35.5. The molecule has 4 rings (SSSR count). The molecule has 4 aromatic rings. The topological polar surface area (TPSA) is 61.9 Å². The molecule has 0 spiro atoms. The average molecular weight is 475 g/mol. The number of fused-ring (bicyclic) bond motifs is 1. The molecule has 0 bridgehead atoms. The number of imidazole rings is 1. The molecule has 0 aliphatic rings. The summed E-state index contributed by atoms with van der Waals surface area (Å²) in [5.74, 6) is 0.151. The minimum Gasteiger partial charge on any atom is -0.392 e. The summed E-state index contributed by atoms with van der Waals surface area (Å²) in [6, 6.07) is 17.4. The monoisotopic (exact) mass is 474 g/mol. The second-order valence-corrected chi connectivity index (χ2v) is 8.10. The number of nitrogens with zero attached hydrogens (tertiary/aromatic N) is 3. The molecule has 34 heavy (non-hydrogen) atoms. The molecule has 7 heteroatoms. The number of nitrogens with one attached hydrogen (secondary N) is 1. The smallest absolute Gasteiger partial charge is 0.138 e. The Hall–Kier alpha value is -3.74. The molecule has 0 unspecified atom stereocenters. The Balaban J connectivity index is 1.77. The Morgan fingerprint density at radius 3 is 2.68 bits per heavy atom. The number of aromatic nitrogens is 2. The van der Waals surface area contributed by atoms with E-state index in [0.717, 1.165) is 22.4 Å². The Labute approximate surface area is 202 Å². The first-order valence-corrected chi connectivity index (χ1v) is 11.1. The van der Waals surface area contributed by atoms with E-state index in [-0.39, 0.29) is 12.4 Å². The number of allylic oxidation sites excluding steroid dienone is 2. The van der Waals surface area contributed by atoms with E-state index in [2.05, 4.69) is 11.9 Å². The van der Waals surface area contributed by atoms with Crippen LogP contribution in [0.4, 0.5) is 4.39 Å². The zero-order valence-corrected chi connectivity index (χ0v) is 19.4. The third-order valence-corrected chi connectivity index (χ3v) is 5.43. The normalized spacial score (nSPS) is 11.9. The van der Waals surface area contributed by atoms with Gasteiger partial charge < -0.3 is 10.4 Å². The van der Waals surface area contributed by atoms with Gasteiger partial charge in [-0.25, -0.2) is 14.4 Å². The van der Waals surface area contributed by atoms with E-state index in [1.165, 1.54) is 12.1 Å². The minimum absolute atomic E-state index is 0.0926. The van der Waals surface area contributed by atoms with Crippen LogP contribution in [0.5, 0.6) is 0 Å². The van der Waals surface area contributed by atoms with Gasteiger partial charge in [-0.1, -0.05) is 36.4 Å². The third kappa shape index (κ3) is 5.25. The molecule has 2 aromatic carbocycles. The summed E-state index contributed by atoms with van der Waals surface area (Å²) >= 11 is 6.08. The van der Waals surface area contributed by atoms with Crippen LogP contribution in [0.2, 0.25) is 5.02 Å². The van der Waals surface area contributed by atoms with E-state index in [4.69, 9.17) is 21.6 Å². The van der Waals surface area contributed by atoms with Crippen molar-refractivity contribution in [3.8, 4) is 11.3 Å². The molecule has 0 radical (unpaired) electrons. The first-order chi connectivity index (χ1) is 16.5. The summed E-state index contributed by atoms with van der Waals surface area (Å²) < 4.78 is 15.5. The maximum atomic E-state index is 13.6. The standard InChI is InChI=1S/C27H24ClFN4O/c1-3-5-24(31-18(2)30-16-19-6-4-7-22(28)14-19)27-26(21-8-10-23(29)11-9-21)32-25-15-20(17-34)12-13-33(25)27/h3-15,30,34H,2,16-17H2,1H3/b5-3-,31-24+. The first-order valence-electron chi connectivity index (χ1n) is 10.7. The molecule has 0 amide bonds. The van der Waals surface area contributed by atoms with Gasteiger partial charge in [0.05, 0.1) is 23.7 Å². The van der Waals surface area contributed by atoms with Gasteiger partial charge in [0.1, 0.15) is 17.3 Å². The van der Waals surface area contributed by atoms with Crippen molar-refractivity contribution in [2.24, 2.45) is 4.99 Å². The summed E-state index contributed by atoms with van der Waals surface area (Å²) in [6.07, 6.45) is 5.61. The number of aliphatic hydroxyl groups excluding tert-OH is 1. The molecule has 2 heterocycles. The fourth-order valence-corrected chi connectivity index (χ4v) is 3.81. The highest BCUT2D eigenvalue weighted by Gasteiger charge is 2.18. The number of hydrogen-bond donors (Lipinski definition) is 2. The van der Waals surface area contributed by atoms with Crippen LogP contribution in [0.1, 0.15) is 23.7 Å². The van der Waals surface area contributed by atoms with E-state index in [1.54, 1.807) is 12.1 Å². The summed E-state index contributed by atoms with van der Waals surface area (Å²) in [5.41, 5.74) is 5.16. The number of hydrogen-bond acceptors (Lipinski definition) is 4. The second-order valence-electron chi connectivity index (χ2n) is 7.66. The van der Waals surface area contributed by atoms with Gasteiger partial charge in [-0.2, -0.15) is 0 Å². The molecule has 0 aliphatic heterocycles. The SMILES string of the molecule is C=C(/N=C(\C=C/C)c1c(-c2ccc(F)cc2)nc2cc(CO)ccn12)NCc1cccc(Cl)c1. The van der Waals surface area contributed by atoms with E-state index >= 15 is 0 Å². The van der Waals surface area contributed by atoms with Crippen molar-refractivity contribution in [3.63, 3.8) is 0 Å². The van der Waals surface area contributed by atoms with Crippen LogP contribution >= 0.6 is 11.6 Å². The molecule has 5 nitrogen and oxygen atoms in total. The Kier molecular flexibility index (Phi) is 7.21. The van der Waals surface area contributed by atoms with Crippen molar-refractivity contribution < 1.29 is 9.50 Å². The highest BCUT2D eigenvalue weighted by molar-refractivity contribution is 6.30. The molecule has 0 aliphatic carbocycles. The van der Waals surface area contributed by atoms with E-state index in [1.807, 2.05) is 66.1 Å². The minimum atomic E-state index is -0.322. The van der Waals surface area contributed by atoms with Gasteiger partial charge in [0.2, 0.25) is 0 Å². The number of aliphatic imine (C=N–C) groups is 1. The second kappa shape index (κ2) is 10.5.